The number of nitrogens with one attached hydrogen (secondary N) is 2. The van der Waals surface area contributed by atoms with Crippen LogP contribution in [0, 0.1) is 0 Å². The molecule has 1 atom stereocenters. The first-order chi connectivity index (χ1) is 15.0. The summed E-state index contributed by atoms with van der Waals surface area (Å²) in [6.45, 7) is 5.30. The molecule has 3 heterocycles. The minimum Gasteiger partial charge on any atom is -0.361 e. The Bertz CT molecular complexity index is 942. The summed E-state index contributed by atoms with van der Waals surface area (Å²) in [5.74, 6) is 0.0971. The highest BCUT2D eigenvalue weighted by Gasteiger charge is 2.28. The minimum atomic E-state index is -0.526. The second-order valence-corrected chi connectivity index (χ2v) is 8.43. The highest BCUT2D eigenvalue weighted by Crippen LogP contribution is 2.19. The van der Waals surface area contributed by atoms with Gasteiger partial charge in [-0.15, -0.1) is 0 Å². The maximum Gasteiger partial charge on any atom is 0.318 e. The highest BCUT2D eigenvalue weighted by atomic mass is 16.2. The van der Waals surface area contributed by atoms with Gasteiger partial charge >= 0.3 is 6.03 Å². The number of piperazine rings is 1. The molecule has 2 aliphatic heterocycles. The lowest BCUT2D eigenvalue weighted by Crippen LogP contribution is -2.56. The quantitative estimate of drug-likeness (QED) is 0.768. The van der Waals surface area contributed by atoms with E-state index in [9.17, 15) is 14.4 Å². The third kappa shape index (κ3) is 4.84. The first-order valence-corrected chi connectivity index (χ1v) is 11.2. The number of carbonyl (C=O) groups is 3. The smallest absolute Gasteiger partial charge is 0.318 e. The van der Waals surface area contributed by atoms with Gasteiger partial charge in [0.25, 0.3) is 0 Å². The number of hydrogen-bond acceptors (Lipinski definition) is 3. The normalized spacial score (nSPS) is 17.8. The summed E-state index contributed by atoms with van der Waals surface area (Å²) in [7, 11) is 0. The van der Waals surface area contributed by atoms with Gasteiger partial charge in [-0.05, 0) is 37.8 Å². The average molecular weight is 426 g/mol. The molecular formula is C23H31N5O3. The first kappa shape index (κ1) is 21.2. The third-order valence-corrected chi connectivity index (χ3v) is 6.33. The number of H-pyrrole nitrogens is 1. The molecule has 0 aliphatic carbocycles. The Hall–Kier alpha value is -3.03. The predicted octanol–water partition coefficient (Wildman–Crippen LogP) is 1.97. The van der Waals surface area contributed by atoms with E-state index in [2.05, 4.69) is 16.4 Å². The fraction of sp³-hybridized carbons (Fsp3) is 0.522. The van der Waals surface area contributed by atoms with Crippen LogP contribution in [-0.2, 0) is 16.0 Å². The van der Waals surface area contributed by atoms with Crippen LogP contribution in [0.1, 0.15) is 31.7 Å². The van der Waals surface area contributed by atoms with Crippen molar-refractivity contribution in [2.45, 2.75) is 38.6 Å². The van der Waals surface area contributed by atoms with Crippen molar-refractivity contribution in [1.29, 1.82) is 0 Å². The van der Waals surface area contributed by atoms with Gasteiger partial charge in [0.1, 0.15) is 6.04 Å². The molecule has 0 saturated carbocycles. The number of benzene rings is 1. The van der Waals surface area contributed by atoms with Crippen molar-refractivity contribution < 1.29 is 14.4 Å². The molecule has 0 unspecified atom stereocenters. The van der Waals surface area contributed by atoms with Gasteiger partial charge in [0.05, 0.1) is 0 Å². The van der Waals surface area contributed by atoms with Gasteiger partial charge in [-0.25, -0.2) is 4.79 Å². The van der Waals surface area contributed by atoms with E-state index >= 15 is 0 Å². The van der Waals surface area contributed by atoms with Crippen LogP contribution in [0.4, 0.5) is 4.79 Å². The maximum atomic E-state index is 12.7. The molecular weight excluding hydrogens is 394 g/mol. The summed E-state index contributed by atoms with van der Waals surface area (Å²) in [4.78, 5) is 46.2. The zero-order valence-corrected chi connectivity index (χ0v) is 18.1. The molecule has 2 fully saturated rings. The number of likely N-dealkylation sites (tertiary alicyclic amines) is 1. The van der Waals surface area contributed by atoms with Gasteiger partial charge < -0.3 is 25.0 Å². The second kappa shape index (κ2) is 9.41. The van der Waals surface area contributed by atoms with Crippen molar-refractivity contribution in [3.8, 4) is 0 Å². The summed E-state index contributed by atoms with van der Waals surface area (Å²) in [6, 6.07) is 7.34. The fourth-order valence-electron chi connectivity index (χ4n) is 4.45. The van der Waals surface area contributed by atoms with Crippen LogP contribution in [0.2, 0.25) is 0 Å². The van der Waals surface area contributed by atoms with Crippen molar-refractivity contribution in [2.75, 3.05) is 39.3 Å². The number of aromatic nitrogens is 1. The van der Waals surface area contributed by atoms with E-state index in [1.807, 2.05) is 34.2 Å². The van der Waals surface area contributed by atoms with Gasteiger partial charge in [0.15, 0.2) is 0 Å². The van der Waals surface area contributed by atoms with E-state index in [1.54, 1.807) is 11.8 Å². The molecule has 1 aromatic carbocycles. The van der Waals surface area contributed by atoms with Gasteiger partial charge in [-0.3, -0.25) is 9.59 Å². The molecule has 8 heteroatoms. The van der Waals surface area contributed by atoms with Gasteiger partial charge in [-0.2, -0.15) is 0 Å². The van der Waals surface area contributed by atoms with Crippen LogP contribution in [0.5, 0.6) is 0 Å². The van der Waals surface area contributed by atoms with Crippen molar-refractivity contribution in [3.05, 3.63) is 36.0 Å². The molecule has 0 bridgehead atoms. The topological polar surface area (TPSA) is 88.7 Å². The van der Waals surface area contributed by atoms with Gasteiger partial charge in [0, 0.05) is 62.8 Å². The molecule has 2 aromatic rings. The average Bonchev–Trinajstić information content (AvgIpc) is 3.47. The zero-order chi connectivity index (χ0) is 21.8. The summed E-state index contributed by atoms with van der Waals surface area (Å²) in [5, 5.41) is 3.98. The molecule has 4 amide bonds. The number of nitrogens with zero attached hydrogens (tertiary/aromatic N) is 3. The number of rotatable bonds is 5. The summed E-state index contributed by atoms with van der Waals surface area (Å²) in [5.41, 5.74) is 2.24. The maximum absolute atomic E-state index is 12.7. The van der Waals surface area contributed by atoms with Crippen molar-refractivity contribution in [1.82, 2.24) is 25.0 Å². The third-order valence-electron chi connectivity index (χ3n) is 6.33. The van der Waals surface area contributed by atoms with Crippen LogP contribution < -0.4 is 5.32 Å². The highest BCUT2D eigenvalue weighted by molar-refractivity contribution is 5.87. The summed E-state index contributed by atoms with van der Waals surface area (Å²) >= 11 is 0. The number of amides is 4. The Balaban J connectivity index is 1.22. The molecule has 166 valence electrons. The summed E-state index contributed by atoms with van der Waals surface area (Å²) < 4.78 is 0. The van der Waals surface area contributed by atoms with Crippen molar-refractivity contribution in [3.63, 3.8) is 0 Å². The van der Waals surface area contributed by atoms with Crippen LogP contribution in [0.3, 0.4) is 0 Å². The number of hydrogen-bond donors (Lipinski definition) is 2. The van der Waals surface area contributed by atoms with Crippen molar-refractivity contribution >= 4 is 28.7 Å². The number of para-hydroxylation sites is 1. The van der Waals surface area contributed by atoms with Crippen LogP contribution in [-0.4, -0.2) is 82.8 Å². The SMILES string of the molecule is C[C@@H](NC(=O)N1CCN(C(=O)CCc2c[nH]c3ccccc23)CC1)C(=O)N1CCCC1. The number of aromatic amines is 1. The molecule has 1 aromatic heterocycles. The lowest BCUT2D eigenvalue weighted by Gasteiger charge is -2.35. The Morgan fingerprint density at radius 3 is 2.39 bits per heavy atom. The number of urea groups is 1. The number of aryl methyl sites for hydroxylation is 1. The molecule has 0 spiro atoms. The first-order valence-electron chi connectivity index (χ1n) is 11.2. The van der Waals surface area contributed by atoms with Crippen molar-refractivity contribution in [2.24, 2.45) is 0 Å². The van der Waals surface area contributed by atoms with E-state index in [0.717, 1.165) is 42.4 Å². The Morgan fingerprint density at radius 1 is 0.968 bits per heavy atom. The molecule has 2 saturated heterocycles. The van der Waals surface area contributed by atoms with Crippen LogP contribution >= 0.6 is 0 Å². The fourth-order valence-corrected chi connectivity index (χ4v) is 4.45. The minimum absolute atomic E-state index is 0.0167. The molecule has 2 N–H and O–H groups in total. The molecule has 31 heavy (non-hydrogen) atoms. The molecule has 8 nitrogen and oxygen atoms in total. The largest absolute Gasteiger partial charge is 0.361 e. The van der Waals surface area contributed by atoms with E-state index in [0.29, 0.717) is 39.0 Å². The standard InChI is InChI=1S/C23H31N5O3/c1-17(22(30)27-10-4-5-11-27)25-23(31)28-14-12-26(13-15-28)21(29)9-8-18-16-24-20-7-3-2-6-19(18)20/h2-3,6-7,16-17,24H,4-5,8-15H2,1H3,(H,25,31)/t17-/m1/s1. The van der Waals surface area contributed by atoms with E-state index in [-0.39, 0.29) is 17.8 Å². The van der Waals surface area contributed by atoms with Gasteiger partial charge in [0.2, 0.25) is 11.8 Å². The monoisotopic (exact) mass is 425 g/mol. The second-order valence-electron chi connectivity index (χ2n) is 8.43. The van der Waals surface area contributed by atoms with Crippen LogP contribution in [0.25, 0.3) is 10.9 Å². The lowest BCUT2D eigenvalue weighted by molar-refractivity contribution is -0.132. The Kier molecular flexibility index (Phi) is 6.44. The molecule has 2 aliphatic rings. The van der Waals surface area contributed by atoms with E-state index < -0.39 is 6.04 Å². The molecule has 4 rings (SSSR count). The van der Waals surface area contributed by atoms with E-state index in [1.165, 1.54) is 0 Å². The lowest BCUT2D eigenvalue weighted by atomic mass is 10.1. The number of fused-ring (bicyclic) bond motifs is 1. The zero-order valence-electron chi connectivity index (χ0n) is 18.1. The predicted molar refractivity (Wildman–Crippen MR) is 119 cm³/mol. The summed E-state index contributed by atoms with van der Waals surface area (Å²) in [6.07, 6.45) is 5.19. The van der Waals surface area contributed by atoms with Crippen LogP contribution in [0.15, 0.2) is 30.5 Å². The van der Waals surface area contributed by atoms with E-state index in [4.69, 9.17) is 0 Å². The Labute approximate surface area is 182 Å². The van der Waals surface area contributed by atoms with Gasteiger partial charge in [-0.1, -0.05) is 18.2 Å². The molecule has 0 radical (unpaired) electrons. The Morgan fingerprint density at radius 2 is 1.65 bits per heavy atom. The number of carbonyl (C=O) groups excluding carboxylic acids is 3.